The van der Waals surface area contributed by atoms with Crippen LogP contribution >= 0.6 is 11.3 Å². The van der Waals surface area contributed by atoms with Crippen molar-refractivity contribution in [3.05, 3.63) is 62.8 Å². The molecule has 3 aromatic rings. The number of hydrogen-bond donors (Lipinski definition) is 6. The number of benzene rings is 2. The number of phenolic OH excluding ortho intramolecular Hbond substituents is 1. The fourth-order valence-electron chi connectivity index (χ4n) is 3.93. The van der Waals surface area contributed by atoms with Crippen molar-refractivity contribution in [3.63, 3.8) is 0 Å². The summed E-state index contributed by atoms with van der Waals surface area (Å²) in [7, 11) is 0. The van der Waals surface area contributed by atoms with Gasteiger partial charge in [0.25, 0.3) is 0 Å². The van der Waals surface area contributed by atoms with E-state index in [-0.39, 0.29) is 16.1 Å². The number of aromatic nitrogens is 1. The number of aliphatic hydroxyl groups is 2. The van der Waals surface area contributed by atoms with Gasteiger partial charge in [-0.25, -0.2) is 0 Å². The summed E-state index contributed by atoms with van der Waals surface area (Å²) >= 11 is 0.897. The second-order valence-electron chi connectivity index (χ2n) is 7.83. The zero-order chi connectivity index (χ0) is 21.8. The highest BCUT2D eigenvalue weighted by Crippen LogP contribution is 2.32. The summed E-state index contributed by atoms with van der Waals surface area (Å²) in [5.74, 6) is -0.0625. The summed E-state index contributed by atoms with van der Waals surface area (Å²) in [5, 5.41) is 37.2. The Kier molecular flexibility index (Phi) is 7.01. The van der Waals surface area contributed by atoms with Crippen LogP contribution in [0.5, 0.6) is 5.75 Å². The number of aromatic hydroxyl groups is 1. The summed E-state index contributed by atoms with van der Waals surface area (Å²) < 4.78 is 0.443. The number of H-pyrrole nitrogens is 1. The van der Waals surface area contributed by atoms with Gasteiger partial charge in [0.2, 0.25) is 0 Å². The van der Waals surface area contributed by atoms with E-state index in [0.717, 1.165) is 49.6 Å². The van der Waals surface area contributed by atoms with Crippen molar-refractivity contribution < 1.29 is 15.3 Å². The molecule has 1 aliphatic rings. The fourth-order valence-corrected chi connectivity index (χ4v) is 4.83. The van der Waals surface area contributed by atoms with Gasteiger partial charge in [-0.15, -0.1) is 0 Å². The van der Waals surface area contributed by atoms with E-state index >= 15 is 0 Å². The lowest BCUT2D eigenvalue weighted by Gasteiger charge is -2.27. The first-order chi connectivity index (χ1) is 15.0. The number of hydrogen-bond acceptors (Lipinski definition) is 8. The molecule has 0 aliphatic carbocycles. The lowest BCUT2D eigenvalue weighted by molar-refractivity contribution is -0.00168. The molecule has 1 aromatic heterocycles. The van der Waals surface area contributed by atoms with Gasteiger partial charge >= 0.3 is 4.87 Å². The molecule has 9 heteroatoms. The van der Waals surface area contributed by atoms with Gasteiger partial charge in [-0.3, -0.25) is 15.0 Å². The summed E-state index contributed by atoms with van der Waals surface area (Å²) in [5.41, 5.74) is 3.11. The molecule has 0 radical (unpaired) electrons. The molecule has 0 bridgehead atoms. The molecular formula is C22H28N4O4S. The lowest BCUT2D eigenvalue weighted by Crippen LogP contribution is -2.42. The lowest BCUT2D eigenvalue weighted by atomic mass is 10.1. The van der Waals surface area contributed by atoms with Crippen molar-refractivity contribution in [1.29, 1.82) is 0 Å². The maximum atomic E-state index is 11.7. The molecule has 6 N–H and O–H groups in total. The van der Waals surface area contributed by atoms with Crippen LogP contribution < -0.4 is 15.5 Å². The van der Waals surface area contributed by atoms with Crippen molar-refractivity contribution in [2.24, 2.45) is 0 Å². The van der Waals surface area contributed by atoms with Crippen LogP contribution in [0.3, 0.4) is 0 Å². The van der Waals surface area contributed by atoms with Gasteiger partial charge in [-0.2, -0.15) is 0 Å². The smallest absolute Gasteiger partial charge is 0.305 e. The number of fused-ring (bicyclic) bond motifs is 1. The Bertz CT molecular complexity index is 1080. The zero-order valence-corrected chi connectivity index (χ0v) is 18.0. The summed E-state index contributed by atoms with van der Waals surface area (Å²) in [6, 6.07) is 11.4. The van der Waals surface area contributed by atoms with E-state index in [4.69, 9.17) is 0 Å². The fraction of sp³-hybridized carbons (Fsp3) is 0.409. The highest BCUT2D eigenvalue weighted by Gasteiger charge is 2.22. The van der Waals surface area contributed by atoms with Crippen molar-refractivity contribution >= 4 is 21.6 Å². The van der Waals surface area contributed by atoms with Crippen LogP contribution in [0.2, 0.25) is 0 Å². The van der Waals surface area contributed by atoms with Crippen molar-refractivity contribution in [2.75, 3.05) is 32.7 Å². The minimum atomic E-state index is -1.23. The maximum Gasteiger partial charge on any atom is 0.305 e. The second-order valence-corrected chi connectivity index (χ2v) is 8.82. The van der Waals surface area contributed by atoms with E-state index in [2.05, 4.69) is 44.8 Å². The van der Waals surface area contributed by atoms with Crippen LogP contribution in [0.1, 0.15) is 22.8 Å². The number of aliphatic hydroxyl groups excluding tert-OH is 2. The first-order valence-corrected chi connectivity index (χ1v) is 11.3. The van der Waals surface area contributed by atoms with E-state index in [9.17, 15) is 20.1 Å². The van der Waals surface area contributed by atoms with Gasteiger partial charge in [0.1, 0.15) is 23.6 Å². The molecule has 4 rings (SSSR count). The second kappa shape index (κ2) is 9.90. The van der Waals surface area contributed by atoms with Crippen LogP contribution in [0.15, 0.2) is 41.2 Å². The van der Waals surface area contributed by atoms with Gasteiger partial charge < -0.3 is 25.6 Å². The Hall–Kier alpha value is -2.27. The number of piperazine rings is 1. The number of nitrogens with one attached hydrogen (secondary N) is 3. The summed E-state index contributed by atoms with van der Waals surface area (Å²) in [6.45, 7) is 5.57. The Morgan fingerprint density at radius 3 is 2.71 bits per heavy atom. The van der Waals surface area contributed by atoms with E-state index in [1.165, 1.54) is 17.7 Å². The minimum Gasteiger partial charge on any atom is -0.506 e. The van der Waals surface area contributed by atoms with Gasteiger partial charge in [0.15, 0.2) is 0 Å². The molecule has 166 valence electrons. The third-order valence-electron chi connectivity index (χ3n) is 5.58. The molecule has 0 saturated carbocycles. The number of aromatic amines is 1. The molecule has 31 heavy (non-hydrogen) atoms. The molecule has 1 fully saturated rings. The van der Waals surface area contributed by atoms with E-state index in [0.29, 0.717) is 23.2 Å². The van der Waals surface area contributed by atoms with Gasteiger partial charge in [0, 0.05) is 44.8 Å². The molecule has 8 nitrogen and oxygen atoms in total. The highest BCUT2D eigenvalue weighted by molar-refractivity contribution is 7.16. The predicted octanol–water partition coefficient (Wildman–Crippen LogP) is 0.884. The van der Waals surface area contributed by atoms with Gasteiger partial charge in [-0.05, 0) is 23.6 Å². The Labute approximate surface area is 184 Å². The summed E-state index contributed by atoms with van der Waals surface area (Å²) in [4.78, 5) is 16.3. The average Bonchev–Trinajstić information content (AvgIpc) is 3.17. The monoisotopic (exact) mass is 444 g/mol. The van der Waals surface area contributed by atoms with Gasteiger partial charge in [-0.1, -0.05) is 41.7 Å². The van der Waals surface area contributed by atoms with Crippen molar-refractivity contribution in [3.8, 4) is 5.75 Å². The third kappa shape index (κ3) is 5.32. The molecule has 2 heterocycles. The van der Waals surface area contributed by atoms with Gasteiger partial charge in [0.05, 0.1) is 4.70 Å². The number of phenols is 1. The molecule has 2 aromatic carbocycles. The maximum absolute atomic E-state index is 11.7. The van der Waals surface area contributed by atoms with Crippen molar-refractivity contribution in [1.82, 2.24) is 20.5 Å². The van der Waals surface area contributed by atoms with Crippen LogP contribution in [0.4, 0.5) is 0 Å². The van der Waals surface area contributed by atoms with Crippen LogP contribution in [-0.4, -0.2) is 64.2 Å². The van der Waals surface area contributed by atoms with E-state index in [1.807, 2.05) is 0 Å². The largest absolute Gasteiger partial charge is 0.506 e. The SMILES string of the molecule is O=c1[nH]c2c(O)ccc(C(O)C(O)NCCc3cccc(CN4CCNCC4)c3)c2s1. The Morgan fingerprint density at radius 1 is 1.13 bits per heavy atom. The topological polar surface area (TPSA) is 121 Å². The molecule has 0 spiro atoms. The third-order valence-corrected chi connectivity index (χ3v) is 6.51. The quantitative estimate of drug-likeness (QED) is 0.285. The molecule has 2 unspecified atom stereocenters. The number of rotatable bonds is 8. The standard InChI is InChI=1S/C22H28N4O4S/c27-17-5-4-16(20-18(17)25-22(30)31-20)19(28)21(29)24-7-6-14-2-1-3-15(12-14)13-26-10-8-23-9-11-26/h1-5,12,19,21,23-24,27-29H,6-11,13H2,(H,25,30). The first kappa shape index (κ1) is 21.9. The normalized spacial score (nSPS) is 17.1. The average molecular weight is 445 g/mol. The predicted molar refractivity (Wildman–Crippen MR) is 121 cm³/mol. The van der Waals surface area contributed by atoms with Crippen molar-refractivity contribution in [2.45, 2.75) is 25.3 Å². The molecule has 2 atom stereocenters. The Morgan fingerprint density at radius 2 is 1.90 bits per heavy atom. The van der Waals surface area contributed by atoms with Crippen LogP contribution in [0, 0.1) is 0 Å². The minimum absolute atomic E-state index is 0.0625. The highest BCUT2D eigenvalue weighted by atomic mass is 32.1. The zero-order valence-electron chi connectivity index (χ0n) is 17.2. The Balaban J connectivity index is 1.34. The first-order valence-electron chi connectivity index (χ1n) is 10.5. The van der Waals surface area contributed by atoms with Crippen LogP contribution in [-0.2, 0) is 13.0 Å². The summed E-state index contributed by atoms with van der Waals surface area (Å²) in [6.07, 6.45) is -1.72. The molecule has 1 aliphatic heterocycles. The number of nitrogens with zero attached hydrogens (tertiary/aromatic N) is 1. The van der Waals surface area contributed by atoms with E-state index in [1.54, 1.807) is 0 Å². The molecular weight excluding hydrogens is 416 g/mol. The molecule has 0 amide bonds. The number of thiazole rings is 1. The van der Waals surface area contributed by atoms with Crippen LogP contribution in [0.25, 0.3) is 10.2 Å². The van der Waals surface area contributed by atoms with E-state index < -0.39 is 12.3 Å². The molecule has 1 saturated heterocycles.